The Morgan fingerprint density at radius 2 is 1.90 bits per heavy atom. The van der Waals surface area contributed by atoms with Crippen LogP contribution in [0.15, 0.2) is 12.2 Å². The van der Waals surface area contributed by atoms with Crippen molar-refractivity contribution in [3.8, 4) is 0 Å². The van der Waals surface area contributed by atoms with Crippen LogP contribution < -0.4 is 11.5 Å². The predicted molar refractivity (Wildman–Crippen MR) is 46.1 cm³/mol. The summed E-state index contributed by atoms with van der Waals surface area (Å²) in [6, 6.07) is 0.306. The Balaban J connectivity index is 0.000000810. The number of nitrogens with two attached hydrogens (primary N) is 2. The zero-order valence-electron chi connectivity index (χ0n) is 5.99. The van der Waals surface area contributed by atoms with Gasteiger partial charge in [-0.25, -0.2) is 0 Å². The zero-order chi connectivity index (χ0) is 6.69. The number of hydrogen-bond acceptors (Lipinski definition) is 2. The van der Waals surface area contributed by atoms with E-state index >= 15 is 0 Å². The monoisotopic (exact) mass is 162 g/mol. The molecule has 4 N–H and O–H groups in total. The first-order valence-corrected chi connectivity index (χ1v) is 3.45. The van der Waals surface area contributed by atoms with Gasteiger partial charge in [-0.15, -0.1) is 12.4 Å². The Bertz CT molecular complexity index is 114. The quantitative estimate of drug-likeness (QED) is 0.557. The Hall–Kier alpha value is -0.0500. The van der Waals surface area contributed by atoms with Gasteiger partial charge in [-0.2, -0.15) is 0 Å². The van der Waals surface area contributed by atoms with Gasteiger partial charge in [0.25, 0.3) is 0 Å². The summed E-state index contributed by atoms with van der Waals surface area (Å²) in [7, 11) is 0. The highest BCUT2D eigenvalue weighted by Gasteiger charge is 2.15. The van der Waals surface area contributed by atoms with Crippen molar-refractivity contribution in [1.82, 2.24) is 0 Å². The van der Waals surface area contributed by atoms with E-state index in [1.807, 2.05) is 0 Å². The zero-order valence-corrected chi connectivity index (χ0v) is 6.81. The molecule has 1 rings (SSSR count). The van der Waals surface area contributed by atoms with E-state index in [0.29, 0.717) is 12.0 Å². The molecule has 0 radical (unpaired) electrons. The third-order valence-electron chi connectivity index (χ3n) is 1.92. The molecule has 0 heterocycles. The SMILES string of the molecule is Cl.NC[C@@H]1CC=CC[C@@H]1N. The van der Waals surface area contributed by atoms with E-state index < -0.39 is 0 Å². The summed E-state index contributed by atoms with van der Waals surface area (Å²) in [5, 5.41) is 0. The minimum absolute atomic E-state index is 0. The maximum Gasteiger partial charge on any atom is 0.0117 e. The average Bonchev–Trinajstić information content (AvgIpc) is 1.89. The van der Waals surface area contributed by atoms with E-state index in [9.17, 15) is 0 Å². The van der Waals surface area contributed by atoms with Crippen molar-refractivity contribution in [2.45, 2.75) is 18.9 Å². The molecule has 60 valence electrons. The van der Waals surface area contributed by atoms with Crippen LogP contribution in [-0.2, 0) is 0 Å². The van der Waals surface area contributed by atoms with Crippen molar-refractivity contribution in [2.75, 3.05) is 6.54 Å². The minimum Gasteiger partial charge on any atom is -0.330 e. The lowest BCUT2D eigenvalue weighted by Crippen LogP contribution is -2.35. The molecule has 0 saturated heterocycles. The fourth-order valence-electron chi connectivity index (χ4n) is 1.16. The van der Waals surface area contributed by atoms with Crippen LogP contribution in [0.4, 0.5) is 0 Å². The summed E-state index contributed by atoms with van der Waals surface area (Å²) in [4.78, 5) is 0. The Morgan fingerprint density at radius 1 is 1.30 bits per heavy atom. The van der Waals surface area contributed by atoms with Crippen molar-refractivity contribution in [3.05, 3.63) is 12.2 Å². The molecule has 0 fully saturated rings. The molecular formula is C7H15ClN2. The molecule has 0 bridgehead atoms. The molecule has 10 heavy (non-hydrogen) atoms. The summed E-state index contributed by atoms with van der Waals surface area (Å²) in [5.41, 5.74) is 11.2. The molecule has 0 aliphatic heterocycles. The van der Waals surface area contributed by atoms with Crippen molar-refractivity contribution in [3.63, 3.8) is 0 Å². The minimum atomic E-state index is 0. The Labute approximate surface area is 68.1 Å². The average molecular weight is 163 g/mol. The smallest absolute Gasteiger partial charge is 0.0117 e. The largest absolute Gasteiger partial charge is 0.330 e. The first-order chi connectivity index (χ1) is 4.34. The van der Waals surface area contributed by atoms with Crippen LogP contribution >= 0.6 is 12.4 Å². The molecule has 3 heteroatoms. The second kappa shape index (κ2) is 4.72. The maximum absolute atomic E-state index is 5.76. The molecule has 2 atom stereocenters. The number of allylic oxidation sites excluding steroid dienone is 1. The summed E-state index contributed by atoms with van der Waals surface area (Å²) < 4.78 is 0. The Morgan fingerprint density at radius 3 is 2.30 bits per heavy atom. The fraction of sp³-hybridized carbons (Fsp3) is 0.714. The third kappa shape index (κ3) is 2.29. The molecule has 0 unspecified atom stereocenters. The van der Waals surface area contributed by atoms with Crippen molar-refractivity contribution < 1.29 is 0 Å². The van der Waals surface area contributed by atoms with E-state index in [4.69, 9.17) is 11.5 Å². The van der Waals surface area contributed by atoms with Crippen molar-refractivity contribution >= 4 is 12.4 Å². The molecular weight excluding hydrogens is 148 g/mol. The topological polar surface area (TPSA) is 52.0 Å². The van der Waals surface area contributed by atoms with E-state index in [1.54, 1.807) is 0 Å². The van der Waals surface area contributed by atoms with E-state index in [1.165, 1.54) is 0 Å². The van der Waals surface area contributed by atoms with Gasteiger partial charge in [-0.1, -0.05) is 12.2 Å². The van der Waals surface area contributed by atoms with Crippen LogP contribution in [0.2, 0.25) is 0 Å². The lowest BCUT2D eigenvalue weighted by Gasteiger charge is -2.22. The fourth-order valence-corrected chi connectivity index (χ4v) is 1.16. The first kappa shape index (κ1) is 9.95. The van der Waals surface area contributed by atoms with Gasteiger partial charge >= 0.3 is 0 Å². The van der Waals surface area contributed by atoms with Gasteiger partial charge in [0, 0.05) is 6.04 Å². The van der Waals surface area contributed by atoms with Crippen LogP contribution in [0.25, 0.3) is 0 Å². The van der Waals surface area contributed by atoms with Gasteiger partial charge in [-0.05, 0) is 25.3 Å². The predicted octanol–water partition coefficient (Wildman–Crippen LogP) is 0.660. The summed E-state index contributed by atoms with van der Waals surface area (Å²) in [5.74, 6) is 0.523. The maximum atomic E-state index is 5.76. The first-order valence-electron chi connectivity index (χ1n) is 3.45. The standard InChI is InChI=1S/C7H14N2.ClH/c8-5-6-3-1-2-4-7(6)9;/h1-2,6-7H,3-5,8-9H2;1H/t6-,7-;/m0./s1. The summed E-state index contributed by atoms with van der Waals surface area (Å²) >= 11 is 0. The normalized spacial score (nSPS) is 31.4. The highest BCUT2D eigenvalue weighted by atomic mass is 35.5. The number of rotatable bonds is 1. The van der Waals surface area contributed by atoms with E-state index in [-0.39, 0.29) is 12.4 Å². The number of hydrogen-bond donors (Lipinski definition) is 2. The molecule has 0 saturated carbocycles. The Kier molecular flexibility index (Phi) is 4.69. The van der Waals surface area contributed by atoms with Gasteiger partial charge in [0.2, 0.25) is 0 Å². The van der Waals surface area contributed by atoms with Crippen LogP contribution in [0.5, 0.6) is 0 Å². The lowest BCUT2D eigenvalue weighted by molar-refractivity contribution is 0.420. The van der Waals surface area contributed by atoms with Crippen LogP contribution in [-0.4, -0.2) is 12.6 Å². The molecule has 1 aliphatic carbocycles. The highest BCUT2D eigenvalue weighted by Crippen LogP contribution is 2.15. The molecule has 0 amide bonds. The van der Waals surface area contributed by atoms with Crippen LogP contribution in [0.3, 0.4) is 0 Å². The van der Waals surface area contributed by atoms with Crippen LogP contribution in [0, 0.1) is 5.92 Å². The van der Waals surface area contributed by atoms with Gasteiger partial charge in [0.05, 0.1) is 0 Å². The van der Waals surface area contributed by atoms with Gasteiger partial charge in [0.1, 0.15) is 0 Å². The number of halogens is 1. The molecule has 1 aliphatic rings. The van der Waals surface area contributed by atoms with Gasteiger partial charge in [0.15, 0.2) is 0 Å². The molecule has 0 aromatic rings. The summed E-state index contributed by atoms with van der Waals surface area (Å²) in [6.07, 6.45) is 6.37. The lowest BCUT2D eigenvalue weighted by atomic mass is 9.90. The molecule has 0 aromatic heterocycles. The van der Waals surface area contributed by atoms with Crippen molar-refractivity contribution in [1.29, 1.82) is 0 Å². The molecule has 2 nitrogen and oxygen atoms in total. The van der Waals surface area contributed by atoms with Gasteiger partial charge in [-0.3, -0.25) is 0 Å². The van der Waals surface area contributed by atoms with Gasteiger partial charge < -0.3 is 11.5 Å². The van der Waals surface area contributed by atoms with Crippen molar-refractivity contribution in [2.24, 2.45) is 17.4 Å². The highest BCUT2D eigenvalue weighted by molar-refractivity contribution is 5.85. The second-order valence-electron chi connectivity index (χ2n) is 2.60. The van der Waals surface area contributed by atoms with E-state index in [0.717, 1.165) is 19.4 Å². The molecule has 0 aromatic carbocycles. The van der Waals surface area contributed by atoms with Crippen LogP contribution in [0.1, 0.15) is 12.8 Å². The summed E-state index contributed by atoms with van der Waals surface area (Å²) in [6.45, 7) is 0.728. The van der Waals surface area contributed by atoms with E-state index in [2.05, 4.69) is 12.2 Å². The second-order valence-corrected chi connectivity index (χ2v) is 2.60. The molecule has 0 spiro atoms. The third-order valence-corrected chi connectivity index (χ3v) is 1.92.